The van der Waals surface area contributed by atoms with Crippen molar-refractivity contribution in [2.45, 2.75) is 108 Å². The largest absolute Gasteiger partial charge is 0.447 e. The van der Waals surface area contributed by atoms with Crippen molar-refractivity contribution in [2.24, 2.45) is 16.5 Å². The highest BCUT2D eigenvalue weighted by molar-refractivity contribution is 7.91. The van der Waals surface area contributed by atoms with Crippen molar-refractivity contribution in [2.75, 3.05) is 6.54 Å². The van der Waals surface area contributed by atoms with E-state index in [0.717, 1.165) is 27.8 Å². The lowest BCUT2D eigenvalue weighted by atomic mass is 9.85. The molecule has 3 fully saturated rings. The van der Waals surface area contributed by atoms with Gasteiger partial charge in [-0.15, -0.1) is 0 Å². The third-order valence-corrected chi connectivity index (χ3v) is 12.7. The van der Waals surface area contributed by atoms with Crippen molar-refractivity contribution >= 4 is 45.6 Å². The van der Waals surface area contributed by atoms with Gasteiger partial charge in [0.2, 0.25) is 28.3 Å². The molecule has 16 heteroatoms. The first kappa shape index (κ1) is 38.4. The minimum atomic E-state index is -4.13. The molecule has 0 unspecified atom stereocenters. The number of hydrogen-bond acceptors (Lipinski definition) is 9. The van der Waals surface area contributed by atoms with E-state index in [1.807, 2.05) is 59.3 Å². The molecule has 2 aromatic carbocycles. The SMILES string of the molecule is C[C@H]1CC/C=C/c2ccc3c(c2)/C(=N/O[C@@H]2C[C@@H](C(=O)N[C@@]4(C(=O)NS(=O)(=O)C5CC5)C[C@H]4C(F)F)N(C2)C(=O)[C@H](C(C)(C)C)NC(=O)O1)c1ccccc1-3. The molecule has 0 aromatic heterocycles. The molecule has 2 saturated carbocycles. The Balaban J connectivity index is 1.24. The maximum Gasteiger partial charge on any atom is 0.408 e. The number of amides is 4. The second-order valence-electron chi connectivity index (χ2n) is 16.2. The van der Waals surface area contributed by atoms with Gasteiger partial charge in [-0.25, -0.2) is 22.0 Å². The van der Waals surface area contributed by atoms with Crippen LogP contribution < -0.4 is 15.4 Å². The van der Waals surface area contributed by atoms with E-state index < -0.39 is 93.1 Å². The van der Waals surface area contributed by atoms with Crippen LogP contribution in [0.15, 0.2) is 53.7 Å². The van der Waals surface area contributed by atoms with E-state index >= 15 is 0 Å². The van der Waals surface area contributed by atoms with Crippen molar-refractivity contribution in [1.29, 1.82) is 0 Å². The van der Waals surface area contributed by atoms with Gasteiger partial charge in [-0.05, 0) is 67.2 Å². The van der Waals surface area contributed by atoms with Crippen LogP contribution in [0.4, 0.5) is 13.6 Å². The number of nitrogens with one attached hydrogen (secondary N) is 3. The molecular formula is C39H45F2N5O8S. The van der Waals surface area contributed by atoms with Crippen LogP contribution in [0.2, 0.25) is 0 Å². The summed E-state index contributed by atoms with van der Waals surface area (Å²) in [6.07, 6.45) is -0.192. The van der Waals surface area contributed by atoms with E-state index in [-0.39, 0.29) is 13.0 Å². The second-order valence-corrected chi connectivity index (χ2v) is 18.1. The number of rotatable bonds is 6. The smallest absolute Gasteiger partial charge is 0.408 e. The summed E-state index contributed by atoms with van der Waals surface area (Å²) >= 11 is 0. The number of alkyl halides is 2. The van der Waals surface area contributed by atoms with Gasteiger partial charge in [0.15, 0.2) is 0 Å². The van der Waals surface area contributed by atoms with E-state index in [1.165, 1.54) is 4.90 Å². The topological polar surface area (TPSA) is 173 Å². The quantitative estimate of drug-likeness (QED) is 0.328. The van der Waals surface area contributed by atoms with Gasteiger partial charge in [-0.3, -0.25) is 19.1 Å². The fourth-order valence-corrected chi connectivity index (χ4v) is 8.92. The molecule has 4 amide bonds. The summed E-state index contributed by atoms with van der Waals surface area (Å²) in [5, 5.41) is 8.88. The number of ether oxygens (including phenoxy) is 1. The van der Waals surface area contributed by atoms with Crippen molar-refractivity contribution in [3.8, 4) is 11.1 Å². The third kappa shape index (κ3) is 7.69. The third-order valence-electron chi connectivity index (χ3n) is 10.9. The highest BCUT2D eigenvalue weighted by atomic mass is 32.2. The Labute approximate surface area is 318 Å². The molecule has 7 rings (SSSR count). The second kappa shape index (κ2) is 14.3. The van der Waals surface area contributed by atoms with Gasteiger partial charge in [0, 0.05) is 17.5 Å². The monoisotopic (exact) mass is 781 g/mol. The minimum absolute atomic E-state index is 0.151. The lowest BCUT2D eigenvalue weighted by molar-refractivity contribution is -0.143. The summed E-state index contributed by atoms with van der Waals surface area (Å²) in [5.74, 6) is -4.52. The van der Waals surface area contributed by atoms with Gasteiger partial charge in [-0.2, -0.15) is 0 Å². The van der Waals surface area contributed by atoms with Crippen LogP contribution in [0.1, 0.15) is 82.9 Å². The summed E-state index contributed by atoms with van der Waals surface area (Å²) in [6, 6.07) is 11.1. The number of hydrogen-bond donors (Lipinski definition) is 3. The zero-order chi connectivity index (χ0) is 39.4. The number of oxime groups is 1. The number of sulfonamides is 1. The maximum atomic E-state index is 14.5. The number of fused-ring (bicyclic) bond motifs is 6. The van der Waals surface area contributed by atoms with Gasteiger partial charge >= 0.3 is 6.09 Å². The van der Waals surface area contributed by atoms with E-state index in [9.17, 15) is 36.4 Å². The first-order valence-electron chi connectivity index (χ1n) is 18.6. The Bertz CT molecular complexity index is 2080. The molecule has 3 N–H and O–H groups in total. The van der Waals surface area contributed by atoms with Crippen molar-refractivity contribution in [3.05, 3.63) is 65.2 Å². The van der Waals surface area contributed by atoms with Gasteiger partial charge in [-0.1, -0.05) is 74.5 Å². The number of allylic oxidation sites excluding steroid dienone is 1. The number of nitrogens with zero attached hydrogens (tertiary/aromatic N) is 2. The summed E-state index contributed by atoms with van der Waals surface area (Å²) in [5.41, 5.74) is 1.91. The number of alkyl carbamates (subject to hydrolysis) is 1. The van der Waals surface area contributed by atoms with E-state index in [0.29, 0.717) is 31.4 Å². The molecule has 55 heavy (non-hydrogen) atoms. The van der Waals surface area contributed by atoms with Crippen LogP contribution in [-0.4, -0.2) is 90.9 Å². The molecule has 3 aliphatic carbocycles. The molecule has 2 aliphatic heterocycles. The molecule has 13 nitrogen and oxygen atoms in total. The van der Waals surface area contributed by atoms with Crippen molar-refractivity contribution < 1.29 is 46.0 Å². The fourth-order valence-electron chi connectivity index (χ4n) is 7.55. The zero-order valence-electron chi connectivity index (χ0n) is 31.0. The number of carbonyl (C=O) groups is 4. The minimum Gasteiger partial charge on any atom is -0.447 e. The Kier molecular flexibility index (Phi) is 10.0. The highest BCUT2D eigenvalue weighted by Crippen LogP contribution is 2.48. The Morgan fingerprint density at radius 2 is 1.75 bits per heavy atom. The Morgan fingerprint density at radius 3 is 2.42 bits per heavy atom. The summed E-state index contributed by atoms with van der Waals surface area (Å²) in [4.78, 5) is 62.6. The van der Waals surface area contributed by atoms with Gasteiger partial charge in [0.05, 0.1) is 17.7 Å². The highest BCUT2D eigenvalue weighted by Gasteiger charge is 2.67. The van der Waals surface area contributed by atoms with Crippen LogP contribution >= 0.6 is 0 Å². The first-order chi connectivity index (χ1) is 26.0. The molecule has 5 aliphatic rings. The van der Waals surface area contributed by atoms with Crippen LogP contribution in [0.25, 0.3) is 17.2 Å². The predicted molar refractivity (Wildman–Crippen MR) is 198 cm³/mol. The summed E-state index contributed by atoms with van der Waals surface area (Å²) < 4.78 is 61.0. The first-order valence-corrected chi connectivity index (χ1v) is 20.1. The van der Waals surface area contributed by atoms with Crippen molar-refractivity contribution in [1.82, 2.24) is 20.3 Å². The average Bonchev–Trinajstić information content (AvgIpc) is 4.03. The van der Waals surface area contributed by atoms with E-state index in [1.54, 1.807) is 27.7 Å². The predicted octanol–water partition coefficient (Wildman–Crippen LogP) is 4.49. The van der Waals surface area contributed by atoms with Crippen LogP contribution in [0.5, 0.6) is 0 Å². The van der Waals surface area contributed by atoms with Crippen LogP contribution in [-0.2, 0) is 34.0 Å². The number of carbonyl (C=O) groups excluding carboxylic acids is 4. The average molecular weight is 782 g/mol. The summed E-state index contributed by atoms with van der Waals surface area (Å²) in [6.45, 7) is 6.74. The number of halogens is 2. The molecular weight excluding hydrogens is 737 g/mol. The molecule has 294 valence electrons. The molecule has 0 radical (unpaired) electrons. The van der Waals surface area contributed by atoms with Gasteiger partial charge in [0.25, 0.3) is 5.91 Å². The van der Waals surface area contributed by atoms with E-state index in [2.05, 4.69) is 15.8 Å². The molecule has 6 atom stereocenters. The number of benzene rings is 2. The fraction of sp³-hybridized carbons (Fsp3) is 0.513. The standard InChI is InChI=1S/C39H45F2N5O8S/c1-21-9-5-6-10-22-13-16-26-25-11-7-8-12-27(25)31(28(26)17-22)44-54-23-18-30(46(20-23)35(48)32(38(2,3)4)42-37(50)53-21)34(47)43-39(19-29(39)33(40)41)36(49)45-55(51,52)24-14-15-24/h6-8,10-13,16-17,21,23-24,29-30,32-33H,5,9,14-15,18-20H2,1-4H3,(H,42,50)(H,43,47)(H,45,49)/b10-6+,44-31+/t21-,23+,29-,30-,32+,39-/m0/s1. The van der Waals surface area contributed by atoms with Crippen LogP contribution in [0, 0.1) is 11.3 Å². The normalized spacial score (nSPS) is 29.6. The zero-order valence-corrected chi connectivity index (χ0v) is 31.8. The molecule has 2 heterocycles. The summed E-state index contributed by atoms with van der Waals surface area (Å²) in [7, 11) is -4.13. The van der Waals surface area contributed by atoms with Gasteiger partial charge in [0.1, 0.15) is 35.5 Å². The Hall–Kier alpha value is -4.86. The lowest BCUT2D eigenvalue weighted by Crippen LogP contribution is -2.60. The number of cyclic esters (lactones) is 1. The lowest BCUT2D eigenvalue weighted by Gasteiger charge is -2.35. The molecule has 4 bridgehead atoms. The molecule has 1 saturated heterocycles. The van der Waals surface area contributed by atoms with E-state index in [4.69, 9.17) is 9.57 Å². The maximum absolute atomic E-state index is 14.5. The molecule has 2 aromatic rings. The Morgan fingerprint density at radius 1 is 1.04 bits per heavy atom. The van der Waals surface area contributed by atoms with Crippen molar-refractivity contribution in [3.63, 3.8) is 0 Å². The van der Waals surface area contributed by atoms with Gasteiger partial charge < -0.3 is 25.1 Å². The molecule has 0 spiro atoms. The van der Waals surface area contributed by atoms with Crippen LogP contribution in [0.3, 0.4) is 0 Å².